The molecule has 3 rings (SSSR count). The fourth-order valence-electron chi connectivity index (χ4n) is 2.72. The van der Waals surface area contributed by atoms with Gasteiger partial charge in [-0.3, -0.25) is 9.36 Å². The molecule has 0 spiro atoms. The highest BCUT2D eigenvalue weighted by Crippen LogP contribution is 2.33. The molecule has 128 valence electrons. The highest BCUT2D eigenvalue weighted by Gasteiger charge is 2.25. The molecule has 1 aliphatic heterocycles. The number of carbonyl (C=O) groups excluding carboxylic acids is 1. The van der Waals surface area contributed by atoms with Gasteiger partial charge in [-0.25, -0.2) is 0 Å². The largest absolute Gasteiger partial charge is 0.358 e. The average molecular weight is 366 g/mol. The molecule has 1 fully saturated rings. The zero-order chi connectivity index (χ0) is 17.1. The van der Waals surface area contributed by atoms with Gasteiger partial charge >= 0.3 is 0 Å². The van der Waals surface area contributed by atoms with E-state index < -0.39 is 0 Å². The minimum absolute atomic E-state index is 0.0450. The summed E-state index contributed by atoms with van der Waals surface area (Å²) in [4.78, 5) is 14.1. The second-order valence-corrected chi connectivity index (χ2v) is 7.35. The van der Waals surface area contributed by atoms with Gasteiger partial charge in [0.05, 0.1) is 16.0 Å². The summed E-state index contributed by atoms with van der Waals surface area (Å²) in [6.45, 7) is 3.77. The number of para-hydroxylation sites is 1. The smallest absolute Gasteiger partial charge is 0.233 e. The summed E-state index contributed by atoms with van der Waals surface area (Å²) in [5.74, 6) is 0.739. The van der Waals surface area contributed by atoms with Gasteiger partial charge in [0, 0.05) is 20.1 Å². The van der Waals surface area contributed by atoms with Crippen molar-refractivity contribution < 1.29 is 4.79 Å². The first-order chi connectivity index (χ1) is 11.6. The molecule has 0 radical (unpaired) electrons. The molecular weight excluding hydrogens is 346 g/mol. The number of aromatic nitrogens is 3. The number of halogens is 1. The van der Waals surface area contributed by atoms with Gasteiger partial charge < -0.3 is 10.2 Å². The minimum Gasteiger partial charge on any atom is -0.358 e. The molecule has 0 unspecified atom stereocenters. The van der Waals surface area contributed by atoms with E-state index >= 15 is 0 Å². The number of anilines is 1. The van der Waals surface area contributed by atoms with Crippen molar-refractivity contribution in [1.29, 1.82) is 0 Å². The standard InChI is InChI=1S/C16H20ClN5OS/c1-11(14(23)18-2)24-16-20-19-15(21-9-5-6-10-21)22(16)13-8-4-3-7-12(13)17/h3-4,7-8,11H,5-6,9-10H2,1-2H3,(H,18,23)/t11-/m0/s1. The SMILES string of the molecule is CNC(=O)[C@H](C)Sc1nnc(N2CCCC2)n1-c1ccccc1Cl. The summed E-state index contributed by atoms with van der Waals surface area (Å²) >= 11 is 7.79. The lowest BCUT2D eigenvalue weighted by atomic mass is 10.3. The highest BCUT2D eigenvalue weighted by atomic mass is 35.5. The summed E-state index contributed by atoms with van der Waals surface area (Å²) in [6, 6.07) is 7.62. The predicted molar refractivity (Wildman–Crippen MR) is 97.2 cm³/mol. The monoisotopic (exact) mass is 365 g/mol. The number of hydrogen-bond donors (Lipinski definition) is 1. The van der Waals surface area contributed by atoms with Crippen LogP contribution in [0, 0.1) is 0 Å². The fourth-order valence-corrected chi connectivity index (χ4v) is 3.85. The summed E-state index contributed by atoms with van der Waals surface area (Å²) in [7, 11) is 1.63. The molecule has 2 aromatic rings. The third kappa shape index (κ3) is 3.37. The number of nitrogens with zero attached hydrogens (tertiary/aromatic N) is 4. The number of benzene rings is 1. The van der Waals surface area contributed by atoms with Gasteiger partial charge in [-0.1, -0.05) is 35.5 Å². The molecule has 0 saturated carbocycles. The Morgan fingerprint density at radius 3 is 2.67 bits per heavy atom. The van der Waals surface area contributed by atoms with Crippen LogP contribution >= 0.6 is 23.4 Å². The van der Waals surface area contributed by atoms with Crippen molar-refractivity contribution in [3.8, 4) is 5.69 Å². The van der Waals surface area contributed by atoms with Gasteiger partial charge in [-0.05, 0) is 31.9 Å². The molecule has 0 aliphatic carbocycles. The van der Waals surface area contributed by atoms with Gasteiger partial charge in [-0.2, -0.15) is 0 Å². The number of carbonyl (C=O) groups is 1. The van der Waals surface area contributed by atoms with E-state index in [9.17, 15) is 4.79 Å². The number of thioether (sulfide) groups is 1. The average Bonchev–Trinajstić information content (AvgIpc) is 3.24. The summed E-state index contributed by atoms with van der Waals surface area (Å²) in [6.07, 6.45) is 2.29. The molecule has 1 amide bonds. The van der Waals surface area contributed by atoms with Crippen LogP contribution in [0.5, 0.6) is 0 Å². The molecule has 24 heavy (non-hydrogen) atoms. The number of hydrogen-bond acceptors (Lipinski definition) is 5. The van der Waals surface area contributed by atoms with Crippen molar-refractivity contribution in [3.05, 3.63) is 29.3 Å². The molecule has 0 bridgehead atoms. The van der Waals surface area contributed by atoms with E-state index in [-0.39, 0.29) is 11.2 Å². The van der Waals surface area contributed by atoms with Gasteiger partial charge in [0.25, 0.3) is 0 Å². The van der Waals surface area contributed by atoms with Crippen molar-refractivity contribution in [2.45, 2.75) is 30.2 Å². The number of amides is 1. The Morgan fingerprint density at radius 2 is 2.00 bits per heavy atom. The van der Waals surface area contributed by atoms with Crippen LogP contribution in [0.2, 0.25) is 5.02 Å². The van der Waals surface area contributed by atoms with Crippen molar-refractivity contribution in [2.24, 2.45) is 0 Å². The molecule has 6 nitrogen and oxygen atoms in total. The van der Waals surface area contributed by atoms with Gasteiger partial charge in [0.2, 0.25) is 11.9 Å². The lowest BCUT2D eigenvalue weighted by molar-refractivity contribution is -0.119. The minimum atomic E-state index is -0.271. The highest BCUT2D eigenvalue weighted by molar-refractivity contribution is 8.00. The maximum Gasteiger partial charge on any atom is 0.233 e. The zero-order valence-corrected chi connectivity index (χ0v) is 15.3. The maximum absolute atomic E-state index is 11.9. The molecule has 1 saturated heterocycles. The Labute approximate surface area is 150 Å². The van der Waals surface area contributed by atoms with Crippen LogP contribution in [0.15, 0.2) is 29.4 Å². The van der Waals surface area contributed by atoms with E-state index in [0.717, 1.165) is 37.6 Å². The van der Waals surface area contributed by atoms with E-state index in [2.05, 4.69) is 20.4 Å². The van der Waals surface area contributed by atoms with E-state index in [0.29, 0.717) is 10.2 Å². The van der Waals surface area contributed by atoms with Crippen molar-refractivity contribution in [1.82, 2.24) is 20.1 Å². The molecule has 1 atom stereocenters. The van der Waals surface area contributed by atoms with Crippen molar-refractivity contribution in [3.63, 3.8) is 0 Å². The van der Waals surface area contributed by atoms with Crippen LogP contribution in [0.25, 0.3) is 5.69 Å². The van der Waals surface area contributed by atoms with Crippen LogP contribution in [0.1, 0.15) is 19.8 Å². The first-order valence-corrected chi connectivity index (χ1v) is 9.21. The normalized spacial score (nSPS) is 15.5. The second kappa shape index (κ2) is 7.44. The fraction of sp³-hybridized carbons (Fsp3) is 0.438. The van der Waals surface area contributed by atoms with Crippen LogP contribution in [-0.4, -0.2) is 46.1 Å². The van der Waals surface area contributed by atoms with Gasteiger partial charge in [-0.15, -0.1) is 10.2 Å². The maximum atomic E-state index is 11.9. The lowest BCUT2D eigenvalue weighted by Crippen LogP contribution is -2.27. The Hall–Kier alpha value is -1.73. The Balaban J connectivity index is 2.03. The summed E-state index contributed by atoms with van der Waals surface area (Å²) in [5, 5.41) is 12.4. The van der Waals surface area contributed by atoms with Crippen molar-refractivity contribution in [2.75, 3.05) is 25.0 Å². The third-order valence-corrected chi connectivity index (χ3v) is 5.36. The topological polar surface area (TPSA) is 63.1 Å². The first-order valence-electron chi connectivity index (χ1n) is 7.95. The number of nitrogens with one attached hydrogen (secondary N) is 1. The van der Waals surface area contributed by atoms with E-state index in [1.165, 1.54) is 11.8 Å². The predicted octanol–water partition coefficient (Wildman–Crippen LogP) is 2.75. The van der Waals surface area contributed by atoms with Crippen LogP contribution in [-0.2, 0) is 4.79 Å². The Kier molecular flexibility index (Phi) is 5.30. The molecule has 8 heteroatoms. The van der Waals surface area contributed by atoms with Crippen LogP contribution in [0.3, 0.4) is 0 Å². The number of rotatable bonds is 5. The summed E-state index contributed by atoms with van der Waals surface area (Å²) in [5.41, 5.74) is 0.831. The Morgan fingerprint density at radius 1 is 1.29 bits per heavy atom. The first kappa shape index (κ1) is 17.1. The van der Waals surface area contributed by atoms with E-state index in [4.69, 9.17) is 11.6 Å². The van der Waals surface area contributed by atoms with Crippen LogP contribution < -0.4 is 10.2 Å². The second-order valence-electron chi connectivity index (χ2n) is 5.64. The third-order valence-electron chi connectivity index (χ3n) is 4.00. The van der Waals surface area contributed by atoms with Gasteiger partial charge in [0.15, 0.2) is 5.16 Å². The van der Waals surface area contributed by atoms with E-state index in [1.54, 1.807) is 7.05 Å². The molecule has 1 aliphatic rings. The van der Waals surface area contributed by atoms with Gasteiger partial charge in [0.1, 0.15) is 0 Å². The Bertz CT molecular complexity index is 729. The zero-order valence-electron chi connectivity index (χ0n) is 13.7. The summed E-state index contributed by atoms with van der Waals surface area (Å²) < 4.78 is 1.96. The molecular formula is C16H20ClN5OS. The molecule has 1 aromatic heterocycles. The molecule has 2 heterocycles. The molecule has 1 aromatic carbocycles. The lowest BCUT2D eigenvalue weighted by Gasteiger charge is -2.19. The molecule has 1 N–H and O–H groups in total. The van der Waals surface area contributed by atoms with E-state index in [1.807, 2.05) is 35.8 Å². The van der Waals surface area contributed by atoms with Crippen molar-refractivity contribution >= 4 is 35.2 Å². The quantitative estimate of drug-likeness (QED) is 0.825. The van der Waals surface area contributed by atoms with Crippen LogP contribution in [0.4, 0.5) is 5.95 Å².